The summed E-state index contributed by atoms with van der Waals surface area (Å²) in [7, 11) is 28.2. The van der Waals surface area contributed by atoms with Gasteiger partial charge in [-0.05, 0) is 88.2 Å². The van der Waals surface area contributed by atoms with Crippen molar-refractivity contribution in [2.45, 2.75) is 79.7 Å². The number of benzene rings is 2. The van der Waals surface area contributed by atoms with Gasteiger partial charge in [0, 0.05) is 0 Å². The molecule has 2 heterocycles. The second-order valence-corrected chi connectivity index (χ2v) is 14.7. The van der Waals surface area contributed by atoms with Crippen molar-refractivity contribution in [3.63, 3.8) is 0 Å². The highest BCUT2D eigenvalue weighted by molar-refractivity contribution is 7.92. The molecular formula is C28H31B5ClN5O3S. The lowest BCUT2D eigenvalue weighted by molar-refractivity contribution is 0.242. The molecule has 214 valence electrons. The van der Waals surface area contributed by atoms with Gasteiger partial charge < -0.3 is 20.7 Å². The molecule has 15 heteroatoms. The summed E-state index contributed by atoms with van der Waals surface area (Å²) < 4.78 is 32.1. The SMILES string of the molecule is [B]C1([B])CC([B])(c2cc(OC(C)C)c(Nc3ncc(Cl)c(Nc4ccccc4S(=O)(=O)C(C)C)n3)cc2C)CC([B])([B])N1. The molecule has 2 aromatic carbocycles. The molecule has 1 saturated heterocycles. The molecule has 4 rings (SSSR count). The number of hydrogen-bond donors (Lipinski definition) is 3. The fourth-order valence-electron chi connectivity index (χ4n) is 5.33. The van der Waals surface area contributed by atoms with Crippen molar-refractivity contribution in [2.75, 3.05) is 10.6 Å². The Labute approximate surface area is 266 Å². The molecule has 0 saturated carbocycles. The predicted molar refractivity (Wildman–Crippen MR) is 178 cm³/mol. The highest BCUT2D eigenvalue weighted by Gasteiger charge is 2.44. The van der Waals surface area contributed by atoms with Crippen LogP contribution in [0.1, 0.15) is 51.7 Å². The zero-order valence-electron chi connectivity index (χ0n) is 24.9. The van der Waals surface area contributed by atoms with Crippen LogP contribution in [0.4, 0.5) is 23.1 Å². The number of hydrogen-bond acceptors (Lipinski definition) is 8. The van der Waals surface area contributed by atoms with Crippen LogP contribution in [0.3, 0.4) is 0 Å². The Hall–Kier alpha value is -2.56. The molecule has 0 amide bonds. The molecule has 0 spiro atoms. The van der Waals surface area contributed by atoms with Gasteiger partial charge in [-0.2, -0.15) is 4.98 Å². The van der Waals surface area contributed by atoms with Crippen molar-refractivity contribution < 1.29 is 13.2 Å². The quantitative estimate of drug-likeness (QED) is 0.317. The maximum atomic E-state index is 13.0. The third-order valence-corrected chi connectivity index (χ3v) is 9.45. The van der Waals surface area contributed by atoms with Gasteiger partial charge >= 0.3 is 0 Å². The number of para-hydroxylation sites is 1. The molecule has 10 radical (unpaired) electrons. The number of sulfone groups is 1. The van der Waals surface area contributed by atoms with E-state index >= 15 is 0 Å². The molecule has 0 unspecified atom stereocenters. The first-order valence-electron chi connectivity index (χ1n) is 13.8. The van der Waals surface area contributed by atoms with Gasteiger partial charge in [-0.3, -0.25) is 0 Å². The summed E-state index contributed by atoms with van der Waals surface area (Å²) in [5.41, 5.74) is 2.42. The largest absolute Gasteiger partial charge is 0.489 e. The molecule has 8 nitrogen and oxygen atoms in total. The van der Waals surface area contributed by atoms with Gasteiger partial charge in [-0.1, -0.05) is 34.4 Å². The zero-order chi connectivity index (χ0) is 32.0. The lowest BCUT2D eigenvalue weighted by atomic mass is 9.38. The van der Waals surface area contributed by atoms with Crippen LogP contribution < -0.4 is 20.7 Å². The highest BCUT2D eigenvalue weighted by Crippen LogP contribution is 2.44. The molecule has 1 aliphatic heterocycles. The summed E-state index contributed by atoms with van der Waals surface area (Å²) in [6, 6.07) is 10.2. The average Bonchev–Trinajstić information content (AvgIpc) is 2.85. The van der Waals surface area contributed by atoms with Gasteiger partial charge in [-0.25, -0.2) is 13.4 Å². The first kappa shape index (κ1) is 33.3. The summed E-state index contributed by atoms with van der Waals surface area (Å²) >= 11 is 6.42. The van der Waals surface area contributed by atoms with E-state index in [0.29, 0.717) is 17.1 Å². The molecule has 1 fully saturated rings. The van der Waals surface area contributed by atoms with Gasteiger partial charge in [0.25, 0.3) is 0 Å². The van der Waals surface area contributed by atoms with E-state index < -0.39 is 31.1 Å². The Morgan fingerprint density at radius 3 is 2.21 bits per heavy atom. The summed E-state index contributed by atoms with van der Waals surface area (Å²) in [5.74, 6) is 0.872. The monoisotopic (exact) mass is 607 g/mol. The molecule has 0 bridgehead atoms. The minimum absolute atomic E-state index is 0.139. The lowest BCUT2D eigenvalue weighted by Crippen LogP contribution is -2.68. The molecular weight excluding hydrogens is 576 g/mol. The number of nitrogens with zero attached hydrogens (tertiary/aromatic N) is 2. The second-order valence-electron chi connectivity index (χ2n) is 11.8. The maximum absolute atomic E-state index is 13.0. The Morgan fingerprint density at radius 2 is 1.60 bits per heavy atom. The Bertz CT molecular complexity index is 1610. The van der Waals surface area contributed by atoms with E-state index in [2.05, 4.69) is 25.9 Å². The molecule has 3 aromatic rings. The lowest BCUT2D eigenvalue weighted by Gasteiger charge is -2.54. The topological polar surface area (TPSA) is 105 Å². The third-order valence-electron chi connectivity index (χ3n) is 6.96. The van der Waals surface area contributed by atoms with Crippen LogP contribution in [-0.2, 0) is 15.2 Å². The van der Waals surface area contributed by atoms with Crippen LogP contribution in [0, 0.1) is 6.92 Å². The number of halogens is 1. The molecule has 1 aliphatic rings. The van der Waals surface area contributed by atoms with Crippen LogP contribution in [0.25, 0.3) is 0 Å². The standard InChI is InChI=1S/C28H31B5ClN5O3S/c1-15(2)42-22-11-18(26(29)13-27(30,31)39-28(32,33)14-26)17(5)10-21(22)37-25-35-12-19(34)24(38-25)36-20-8-6-7-9-23(20)43(40,41)16(3)4/h6-12,15-16,39H,13-14H2,1-5H3,(H2,35,36,37,38). The number of piperidine rings is 1. The Kier molecular flexibility index (Phi) is 9.37. The van der Waals surface area contributed by atoms with E-state index in [-0.39, 0.29) is 40.6 Å². The minimum atomic E-state index is -3.58. The van der Waals surface area contributed by atoms with Crippen molar-refractivity contribution in [1.82, 2.24) is 15.3 Å². The summed E-state index contributed by atoms with van der Waals surface area (Å²) in [5, 5.41) is 4.81. The molecule has 0 atom stereocenters. The Morgan fingerprint density at radius 1 is 0.977 bits per heavy atom. The van der Waals surface area contributed by atoms with Gasteiger partial charge in [0.1, 0.15) is 10.8 Å². The van der Waals surface area contributed by atoms with Crippen LogP contribution in [0.15, 0.2) is 47.5 Å². The van der Waals surface area contributed by atoms with Gasteiger partial charge in [0.2, 0.25) is 5.95 Å². The first-order chi connectivity index (χ1) is 19.8. The minimum Gasteiger partial charge on any atom is -0.489 e. The van der Waals surface area contributed by atoms with Crippen molar-refractivity contribution in [3.05, 3.63) is 58.7 Å². The normalized spacial score (nSPS) is 17.5. The number of nitrogens with one attached hydrogen (secondary N) is 3. The fourth-order valence-corrected chi connectivity index (χ4v) is 6.67. The van der Waals surface area contributed by atoms with E-state index in [0.717, 1.165) is 11.1 Å². The van der Waals surface area contributed by atoms with Gasteiger partial charge in [-0.15, -0.1) is 0 Å². The fraction of sp³-hybridized carbons (Fsp3) is 0.429. The van der Waals surface area contributed by atoms with E-state index in [4.69, 9.17) is 55.6 Å². The molecule has 3 N–H and O–H groups in total. The number of anilines is 4. The highest BCUT2D eigenvalue weighted by atomic mass is 35.5. The smallest absolute Gasteiger partial charge is 0.229 e. The number of ether oxygens (including phenoxy) is 1. The number of aromatic nitrogens is 2. The van der Waals surface area contributed by atoms with Crippen LogP contribution in [0.5, 0.6) is 5.75 Å². The van der Waals surface area contributed by atoms with Crippen molar-refractivity contribution in [3.8, 4) is 5.75 Å². The molecule has 0 aliphatic carbocycles. The van der Waals surface area contributed by atoms with Crippen molar-refractivity contribution in [1.29, 1.82) is 0 Å². The van der Waals surface area contributed by atoms with E-state index in [9.17, 15) is 8.42 Å². The van der Waals surface area contributed by atoms with Crippen LogP contribution >= 0.6 is 11.6 Å². The van der Waals surface area contributed by atoms with Gasteiger partial charge in [0.05, 0.1) is 73.1 Å². The Balaban J connectivity index is 1.72. The summed E-state index contributed by atoms with van der Waals surface area (Å²) in [6.07, 6.45) is 1.55. The van der Waals surface area contributed by atoms with Crippen molar-refractivity contribution >= 4 is 83.8 Å². The summed E-state index contributed by atoms with van der Waals surface area (Å²) in [4.78, 5) is 8.99. The number of rotatable bonds is 9. The van der Waals surface area contributed by atoms with Crippen molar-refractivity contribution in [2.24, 2.45) is 0 Å². The maximum Gasteiger partial charge on any atom is 0.229 e. The third kappa shape index (κ3) is 7.58. The number of aryl methyl sites for hydroxylation is 1. The van der Waals surface area contributed by atoms with Crippen LogP contribution in [0.2, 0.25) is 5.02 Å². The zero-order valence-corrected chi connectivity index (χ0v) is 26.5. The molecule has 1 aromatic heterocycles. The van der Waals surface area contributed by atoms with Crippen LogP contribution in [-0.4, -0.2) is 79.6 Å². The summed E-state index contributed by atoms with van der Waals surface area (Å²) in [6.45, 7) is 8.93. The molecule has 43 heavy (non-hydrogen) atoms. The van der Waals surface area contributed by atoms with E-state index in [1.165, 1.54) is 12.3 Å². The van der Waals surface area contributed by atoms with E-state index in [1.54, 1.807) is 32.0 Å². The average molecular weight is 607 g/mol. The second kappa shape index (κ2) is 12.1. The first-order valence-corrected chi connectivity index (χ1v) is 15.7. The predicted octanol–water partition coefficient (Wildman–Crippen LogP) is 3.62. The van der Waals surface area contributed by atoms with Gasteiger partial charge in [0.15, 0.2) is 15.7 Å². The van der Waals surface area contributed by atoms with E-state index in [1.807, 2.05) is 32.9 Å².